The van der Waals surface area contributed by atoms with Gasteiger partial charge in [0.25, 0.3) is 5.89 Å². The number of aromatic nitrogens is 3. The third-order valence-electron chi connectivity index (χ3n) is 4.11. The van der Waals surface area contributed by atoms with E-state index in [0.717, 1.165) is 0 Å². The highest BCUT2D eigenvalue weighted by Gasteiger charge is 2.19. The lowest BCUT2D eigenvalue weighted by Crippen LogP contribution is -2.08. The summed E-state index contributed by atoms with van der Waals surface area (Å²) in [4.78, 5) is 16.8. The minimum absolute atomic E-state index is 0.123. The molecule has 0 bridgehead atoms. The average molecular weight is 414 g/mol. The fraction of sp³-hybridized carbons (Fsp3) is 0.100. The van der Waals surface area contributed by atoms with Gasteiger partial charge in [0.2, 0.25) is 11.8 Å². The molecule has 146 valence electrons. The molecule has 0 aliphatic heterocycles. The first kappa shape index (κ1) is 18.8. The van der Waals surface area contributed by atoms with E-state index < -0.39 is 11.6 Å². The maximum atomic E-state index is 14.4. The van der Waals surface area contributed by atoms with Crippen LogP contribution < -0.4 is 4.74 Å². The molecule has 0 atom stereocenters. The van der Waals surface area contributed by atoms with E-state index in [9.17, 15) is 9.18 Å². The molecule has 7 nitrogen and oxygen atoms in total. The minimum atomic E-state index is -0.668. The third kappa shape index (κ3) is 3.88. The van der Waals surface area contributed by atoms with Gasteiger partial charge >= 0.3 is 0 Å². The summed E-state index contributed by atoms with van der Waals surface area (Å²) in [6.07, 6.45) is 2.74. The zero-order chi connectivity index (χ0) is 20.4. The molecule has 0 spiro atoms. The number of furan rings is 1. The highest BCUT2D eigenvalue weighted by atomic mass is 35.5. The zero-order valence-electron chi connectivity index (χ0n) is 15.1. The van der Waals surface area contributed by atoms with E-state index in [1.54, 1.807) is 18.2 Å². The summed E-state index contributed by atoms with van der Waals surface area (Å²) in [7, 11) is 1.43. The first-order chi connectivity index (χ1) is 14.0. The van der Waals surface area contributed by atoms with E-state index in [1.807, 2.05) is 0 Å². The minimum Gasteiger partial charge on any atom is -0.481 e. The van der Waals surface area contributed by atoms with Crippen molar-refractivity contribution in [3.63, 3.8) is 0 Å². The van der Waals surface area contributed by atoms with Crippen molar-refractivity contribution in [3.05, 3.63) is 70.8 Å². The predicted octanol–water partition coefficient (Wildman–Crippen LogP) is 4.62. The van der Waals surface area contributed by atoms with Crippen LogP contribution in [0.1, 0.15) is 15.9 Å². The number of pyridine rings is 1. The van der Waals surface area contributed by atoms with E-state index >= 15 is 0 Å². The Bertz CT molecular complexity index is 1170. The SMILES string of the molecule is COc1ncc(Cl)cc1CC(=O)c1cc(-c2nnc(-c3ccco3)o2)ccc1F. The van der Waals surface area contributed by atoms with Crippen LogP contribution in [0.4, 0.5) is 4.39 Å². The summed E-state index contributed by atoms with van der Waals surface area (Å²) in [6.45, 7) is 0. The number of hydrogen-bond donors (Lipinski definition) is 0. The van der Waals surface area contributed by atoms with E-state index in [2.05, 4.69) is 15.2 Å². The molecule has 0 aliphatic carbocycles. The Labute approximate surface area is 169 Å². The van der Waals surface area contributed by atoms with Gasteiger partial charge in [0, 0.05) is 23.7 Å². The molecular weight excluding hydrogens is 401 g/mol. The highest BCUT2D eigenvalue weighted by molar-refractivity contribution is 6.30. The molecule has 4 aromatic rings. The summed E-state index contributed by atoms with van der Waals surface area (Å²) in [5.41, 5.74) is 0.728. The molecule has 1 aromatic carbocycles. The van der Waals surface area contributed by atoms with Crippen molar-refractivity contribution in [1.29, 1.82) is 0 Å². The maximum absolute atomic E-state index is 14.4. The fourth-order valence-electron chi connectivity index (χ4n) is 2.76. The molecule has 0 aliphatic rings. The number of carbonyl (C=O) groups excluding carboxylic acids is 1. The number of nitrogens with zero attached hydrogens (tertiary/aromatic N) is 3. The van der Waals surface area contributed by atoms with Gasteiger partial charge in [0.15, 0.2) is 11.5 Å². The standard InChI is InChI=1S/C20H13ClFN3O4/c1-27-18-12(7-13(21)10-23-18)9-16(26)14-8-11(4-5-15(14)22)19-24-25-20(29-19)17-3-2-6-28-17/h2-8,10H,9H2,1H3. The number of hydrogen-bond acceptors (Lipinski definition) is 7. The van der Waals surface area contributed by atoms with Crippen LogP contribution in [0.25, 0.3) is 23.1 Å². The predicted molar refractivity (Wildman–Crippen MR) is 101 cm³/mol. The number of ether oxygens (including phenoxy) is 1. The van der Waals surface area contributed by atoms with Crippen molar-refractivity contribution in [2.75, 3.05) is 7.11 Å². The van der Waals surface area contributed by atoms with E-state index in [1.165, 1.54) is 37.8 Å². The highest BCUT2D eigenvalue weighted by Crippen LogP contribution is 2.27. The number of methoxy groups -OCH3 is 1. The lowest BCUT2D eigenvalue weighted by molar-refractivity contribution is 0.0988. The van der Waals surface area contributed by atoms with E-state index in [-0.39, 0.29) is 29.6 Å². The van der Waals surface area contributed by atoms with Gasteiger partial charge in [-0.3, -0.25) is 4.79 Å². The molecule has 29 heavy (non-hydrogen) atoms. The lowest BCUT2D eigenvalue weighted by Gasteiger charge is -2.08. The molecule has 3 aromatic heterocycles. The number of carbonyl (C=O) groups is 1. The summed E-state index contributed by atoms with van der Waals surface area (Å²) < 4.78 is 30.3. The van der Waals surface area contributed by atoms with E-state index in [4.69, 9.17) is 25.2 Å². The van der Waals surface area contributed by atoms with Gasteiger partial charge in [-0.05, 0) is 36.4 Å². The Balaban J connectivity index is 1.64. The van der Waals surface area contributed by atoms with Crippen molar-refractivity contribution >= 4 is 17.4 Å². The molecule has 0 saturated carbocycles. The van der Waals surface area contributed by atoms with Gasteiger partial charge in [-0.25, -0.2) is 9.37 Å². The Morgan fingerprint density at radius 1 is 1.21 bits per heavy atom. The van der Waals surface area contributed by atoms with Gasteiger partial charge in [0.05, 0.1) is 24.0 Å². The first-order valence-corrected chi connectivity index (χ1v) is 8.82. The largest absolute Gasteiger partial charge is 0.481 e. The van der Waals surface area contributed by atoms with Crippen LogP contribution in [-0.2, 0) is 6.42 Å². The van der Waals surface area contributed by atoms with E-state index in [0.29, 0.717) is 21.9 Å². The molecular formula is C20H13ClFN3O4. The topological polar surface area (TPSA) is 91.2 Å². The zero-order valence-corrected chi connectivity index (χ0v) is 15.8. The van der Waals surface area contributed by atoms with Gasteiger partial charge in [-0.15, -0.1) is 10.2 Å². The summed E-state index contributed by atoms with van der Waals surface area (Å²) in [6, 6.07) is 8.90. The van der Waals surface area contributed by atoms with Crippen molar-refractivity contribution in [2.45, 2.75) is 6.42 Å². The fourth-order valence-corrected chi connectivity index (χ4v) is 2.94. The van der Waals surface area contributed by atoms with Crippen LogP contribution in [0.3, 0.4) is 0 Å². The molecule has 4 rings (SSSR count). The van der Waals surface area contributed by atoms with Crippen LogP contribution in [0.15, 0.2) is 57.7 Å². The second-order valence-corrected chi connectivity index (χ2v) is 6.44. The second kappa shape index (κ2) is 7.84. The van der Waals surface area contributed by atoms with Gasteiger partial charge in [-0.1, -0.05) is 11.6 Å². The van der Waals surface area contributed by atoms with Crippen molar-refractivity contribution in [3.8, 4) is 29.0 Å². The molecule has 0 unspecified atom stereocenters. The van der Waals surface area contributed by atoms with Crippen LogP contribution in [0.2, 0.25) is 5.02 Å². The average Bonchev–Trinajstić information content (AvgIpc) is 3.40. The Morgan fingerprint density at radius 3 is 2.79 bits per heavy atom. The quantitative estimate of drug-likeness (QED) is 0.426. The number of ketones is 1. The number of halogens is 2. The summed E-state index contributed by atoms with van der Waals surface area (Å²) >= 11 is 5.95. The molecule has 9 heteroatoms. The van der Waals surface area contributed by atoms with Crippen molar-refractivity contribution < 1.29 is 22.8 Å². The van der Waals surface area contributed by atoms with Crippen molar-refractivity contribution in [1.82, 2.24) is 15.2 Å². The van der Waals surface area contributed by atoms with Crippen molar-refractivity contribution in [2.24, 2.45) is 0 Å². The van der Waals surface area contributed by atoms with Crippen LogP contribution in [-0.4, -0.2) is 28.1 Å². The summed E-state index contributed by atoms with van der Waals surface area (Å²) in [5.74, 6) is -0.178. The number of Topliss-reactive ketones (excluding diaryl/α,β-unsaturated/α-hetero) is 1. The monoisotopic (exact) mass is 413 g/mol. The molecule has 3 heterocycles. The van der Waals surface area contributed by atoms with Gasteiger partial charge in [-0.2, -0.15) is 0 Å². The van der Waals surface area contributed by atoms with Crippen LogP contribution >= 0.6 is 11.6 Å². The second-order valence-electron chi connectivity index (χ2n) is 6.01. The molecule has 0 saturated heterocycles. The van der Waals surface area contributed by atoms with Crippen LogP contribution in [0.5, 0.6) is 5.88 Å². The Hall–Kier alpha value is -3.52. The third-order valence-corrected chi connectivity index (χ3v) is 4.31. The van der Waals surface area contributed by atoms with Gasteiger partial charge < -0.3 is 13.6 Å². The molecule has 0 N–H and O–H groups in total. The normalized spacial score (nSPS) is 10.9. The summed E-state index contributed by atoms with van der Waals surface area (Å²) in [5, 5.41) is 8.19. The molecule has 0 radical (unpaired) electrons. The number of benzene rings is 1. The number of rotatable bonds is 6. The smallest absolute Gasteiger partial charge is 0.283 e. The Morgan fingerprint density at radius 2 is 2.03 bits per heavy atom. The maximum Gasteiger partial charge on any atom is 0.283 e. The first-order valence-electron chi connectivity index (χ1n) is 8.44. The molecule has 0 amide bonds. The lowest BCUT2D eigenvalue weighted by atomic mass is 10.0. The molecule has 0 fully saturated rings. The van der Waals surface area contributed by atoms with Gasteiger partial charge in [0.1, 0.15) is 5.82 Å². The Kier molecular flexibility index (Phi) is 5.09. The van der Waals surface area contributed by atoms with Crippen LogP contribution in [0, 0.1) is 5.82 Å².